The molecule has 0 heterocycles. The van der Waals surface area contributed by atoms with E-state index in [2.05, 4.69) is 0 Å². The molecule has 0 aliphatic heterocycles. The van der Waals surface area contributed by atoms with Crippen molar-refractivity contribution >= 4 is 5.69 Å². The first kappa shape index (κ1) is 13.4. The van der Waals surface area contributed by atoms with Gasteiger partial charge in [-0.05, 0) is 38.1 Å². The molecule has 0 amide bonds. The van der Waals surface area contributed by atoms with Crippen LogP contribution in [0.2, 0.25) is 0 Å². The summed E-state index contributed by atoms with van der Waals surface area (Å²) in [6, 6.07) is 19.4. The molecule has 0 spiro atoms. The van der Waals surface area contributed by atoms with E-state index < -0.39 is 6.23 Å². The number of hydrogen-bond acceptors (Lipinski definition) is 3. The molecular formula is C16H19NO2. The van der Waals surface area contributed by atoms with Crippen LogP contribution in [0.15, 0.2) is 60.7 Å². The van der Waals surface area contributed by atoms with Gasteiger partial charge in [0.1, 0.15) is 12.0 Å². The zero-order chi connectivity index (χ0) is 13.7. The van der Waals surface area contributed by atoms with Gasteiger partial charge in [0.25, 0.3) is 0 Å². The second-order valence-corrected chi connectivity index (χ2v) is 4.40. The Kier molecular flexibility index (Phi) is 4.42. The summed E-state index contributed by atoms with van der Waals surface area (Å²) in [6.45, 7) is 3.66. The van der Waals surface area contributed by atoms with Crippen molar-refractivity contribution in [3.63, 3.8) is 0 Å². The molecule has 100 valence electrons. The summed E-state index contributed by atoms with van der Waals surface area (Å²) in [6.07, 6.45) is -0.883. The third-order valence-corrected chi connectivity index (χ3v) is 2.90. The molecule has 2 rings (SSSR count). The number of anilines is 1. The van der Waals surface area contributed by atoms with E-state index in [-0.39, 0.29) is 6.23 Å². The van der Waals surface area contributed by atoms with E-state index in [0.717, 1.165) is 11.4 Å². The van der Waals surface area contributed by atoms with Gasteiger partial charge in [-0.2, -0.15) is 0 Å². The molecule has 2 atom stereocenters. The number of benzene rings is 2. The normalized spacial score (nSPS) is 13.6. The van der Waals surface area contributed by atoms with E-state index in [4.69, 9.17) is 4.74 Å². The van der Waals surface area contributed by atoms with Crippen molar-refractivity contribution in [2.24, 2.45) is 0 Å². The largest absolute Gasteiger partial charge is 0.471 e. The van der Waals surface area contributed by atoms with Crippen molar-refractivity contribution in [1.82, 2.24) is 0 Å². The summed E-state index contributed by atoms with van der Waals surface area (Å²) in [5.74, 6) is 0.789. The highest BCUT2D eigenvalue weighted by Crippen LogP contribution is 2.21. The van der Waals surface area contributed by atoms with Crippen molar-refractivity contribution in [1.29, 1.82) is 0 Å². The summed E-state index contributed by atoms with van der Waals surface area (Å²) >= 11 is 0. The minimum Gasteiger partial charge on any atom is -0.471 e. The number of aliphatic hydroxyl groups excluding tert-OH is 1. The van der Waals surface area contributed by atoms with Gasteiger partial charge in [0.05, 0.1) is 0 Å². The number of ether oxygens (including phenoxy) is 1. The Morgan fingerprint density at radius 2 is 1.42 bits per heavy atom. The lowest BCUT2D eigenvalue weighted by Crippen LogP contribution is -2.43. The van der Waals surface area contributed by atoms with E-state index in [1.54, 1.807) is 6.92 Å². The highest BCUT2D eigenvalue weighted by Gasteiger charge is 2.20. The topological polar surface area (TPSA) is 32.7 Å². The third kappa shape index (κ3) is 3.48. The number of nitrogens with zero attached hydrogens (tertiary/aromatic N) is 1. The molecule has 1 N–H and O–H groups in total. The van der Waals surface area contributed by atoms with Gasteiger partial charge in [-0.3, -0.25) is 0 Å². The standard InChI is InChI=1S/C16H19NO2/c1-13(18)17(15-9-5-3-6-10-15)14(2)19-16-11-7-4-8-12-16/h3-14,18H,1-2H3. The lowest BCUT2D eigenvalue weighted by molar-refractivity contribution is 0.118. The number of hydrogen-bond donors (Lipinski definition) is 1. The molecule has 0 aliphatic rings. The molecule has 0 saturated carbocycles. The fourth-order valence-electron chi connectivity index (χ4n) is 2.08. The fourth-order valence-corrected chi connectivity index (χ4v) is 2.08. The molecule has 0 saturated heterocycles. The van der Waals surface area contributed by atoms with Gasteiger partial charge in [0.2, 0.25) is 0 Å². The summed E-state index contributed by atoms with van der Waals surface area (Å²) in [7, 11) is 0. The van der Waals surface area contributed by atoms with Gasteiger partial charge >= 0.3 is 0 Å². The second kappa shape index (κ2) is 6.25. The summed E-state index contributed by atoms with van der Waals surface area (Å²) in [4.78, 5) is 1.83. The monoisotopic (exact) mass is 257 g/mol. The molecule has 0 aliphatic carbocycles. The summed E-state index contributed by atoms with van der Waals surface area (Å²) in [5.41, 5.74) is 0.931. The predicted molar refractivity (Wildman–Crippen MR) is 77.1 cm³/mol. The fraction of sp³-hybridized carbons (Fsp3) is 0.250. The molecule has 0 aromatic heterocycles. The Bertz CT molecular complexity index is 485. The van der Waals surface area contributed by atoms with Gasteiger partial charge in [-0.25, -0.2) is 0 Å². The van der Waals surface area contributed by atoms with Crippen LogP contribution in [0.3, 0.4) is 0 Å². The van der Waals surface area contributed by atoms with Crippen LogP contribution in [0.4, 0.5) is 5.69 Å². The number of aliphatic hydroxyl groups is 1. The summed E-state index contributed by atoms with van der Waals surface area (Å²) in [5, 5.41) is 9.96. The van der Waals surface area contributed by atoms with Gasteiger partial charge in [0, 0.05) is 5.69 Å². The van der Waals surface area contributed by atoms with E-state index in [9.17, 15) is 5.11 Å². The van der Waals surface area contributed by atoms with E-state index in [1.807, 2.05) is 72.5 Å². The molecule has 3 heteroatoms. The lowest BCUT2D eigenvalue weighted by Gasteiger charge is -2.33. The zero-order valence-electron chi connectivity index (χ0n) is 11.2. The Labute approximate surface area is 114 Å². The Morgan fingerprint density at radius 3 is 1.95 bits per heavy atom. The average molecular weight is 257 g/mol. The van der Waals surface area contributed by atoms with Crippen molar-refractivity contribution < 1.29 is 9.84 Å². The molecule has 2 aromatic rings. The minimum atomic E-state index is -0.624. The van der Waals surface area contributed by atoms with Gasteiger partial charge in [-0.15, -0.1) is 0 Å². The van der Waals surface area contributed by atoms with Crippen molar-refractivity contribution in [3.8, 4) is 5.75 Å². The molecule has 0 fully saturated rings. The van der Waals surface area contributed by atoms with Crippen LogP contribution in [0.5, 0.6) is 5.75 Å². The van der Waals surface area contributed by atoms with Gasteiger partial charge in [0.15, 0.2) is 6.23 Å². The van der Waals surface area contributed by atoms with Crippen LogP contribution in [-0.2, 0) is 0 Å². The smallest absolute Gasteiger partial charge is 0.171 e. The first-order chi connectivity index (χ1) is 9.18. The maximum atomic E-state index is 9.96. The average Bonchev–Trinajstić information content (AvgIpc) is 2.40. The molecule has 19 heavy (non-hydrogen) atoms. The van der Waals surface area contributed by atoms with E-state index in [0.29, 0.717) is 0 Å². The lowest BCUT2D eigenvalue weighted by atomic mass is 10.2. The minimum absolute atomic E-state index is 0.259. The predicted octanol–water partition coefficient (Wildman–Crippen LogP) is 3.26. The highest BCUT2D eigenvalue weighted by molar-refractivity contribution is 5.47. The van der Waals surface area contributed by atoms with E-state index in [1.165, 1.54) is 0 Å². The molecule has 3 nitrogen and oxygen atoms in total. The maximum Gasteiger partial charge on any atom is 0.171 e. The maximum absolute atomic E-state index is 9.96. The molecular weight excluding hydrogens is 238 g/mol. The molecule has 2 aromatic carbocycles. The quantitative estimate of drug-likeness (QED) is 0.834. The van der Waals surface area contributed by atoms with Gasteiger partial charge in [-0.1, -0.05) is 36.4 Å². The molecule has 2 unspecified atom stereocenters. The molecule has 0 bridgehead atoms. The van der Waals surface area contributed by atoms with Crippen molar-refractivity contribution in [2.45, 2.75) is 26.3 Å². The summed E-state index contributed by atoms with van der Waals surface area (Å²) < 4.78 is 5.86. The van der Waals surface area contributed by atoms with Crippen molar-refractivity contribution in [3.05, 3.63) is 60.7 Å². The van der Waals surface area contributed by atoms with Crippen LogP contribution in [0, 0.1) is 0 Å². The van der Waals surface area contributed by atoms with Crippen LogP contribution < -0.4 is 9.64 Å². The Morgan fingerprint density at radius 1 is 0.895 bits per heavy atom. The highest BCUT2D eigenvalue weighted by atomic mass is 16.5. The Hall–Kier alpha value is -2.00. The Balaban J connectivity index is 2.16. The van der Waals surface area contributed by atoms with Crippen LogP contribution in [0.25, 0.3) is 0 Å². The molecule has 0 radical (unpaired) electrons. The number of rotatable bonds is 5. The number of para-hydroxylation sites is 2. The second-order valence-electron chi connectivity index (χ2n) is 4.40. The van der Waals surface area contributed by atoms with Crippen molar-refractivity contribution in [2.75, 3.05) is 4.90 Å². The first-order valence-corrected chi connectivity index (χ1v) is 6.41. The van der Waals surface area contributed by atoms with Gasteiger partial charge < -0.3 is 14.7 Å². The first-order valence-electron chi connectivity index (χ1n) is 6.41. The van der Waals surface area contributed by atoms with E-state index >= 15 is 0 Å². The SMILES string of the molecule is CC(O)N(c1ccccc1)C(C)Oc1ccccc1. The van der Waals surface area contributed by atoms with Crippen LogP contribution in [-0.4, -0.2) is 17.6 Å². The van der Waals surface area contributed by atoms with Crippen LogP contribution >= 0.6 is 0 Å². The zero-order valence-corrected chi connectivity index (χ0v) is 11.2. The van der Waals surface area contributed by atoms with Crippen LogP contribution in [0.1, 0.15) is 13.8 Å². The third-order valence-electron chi connectivity index (χ3n) is 2.90.